The monoisotopic (exact) mass is 351 g/mol. The summed E-state index contributed by atoms with van der Waals surface area (Å²) < 4.78 is 19.5. The maximum Gasteiger partial charge on any atom is 0.330 e. The number of ether oxygens (including phenoxy) is 3. The summed E-state index contributed by atoms with van der Waals surface area (Å²) in [6.45, 7) is 3.29. The lowest BCUT2D eigenvalue weighted by Gasteiger charge is -2.36. The Morgan fingerprint density at radius 2 is 2.16 bits per heavy atom. The van der Waals surface area contributed by atoms with Crippen LogP contribution in [0.4, 0.5) is 0 Å². The Bertz CT molecular complexity index is 724. The van der Waals surface area contributed by atoms with E-state index in [0.29, 0.717) is 12.0 Å². The molecule has 4 rings (SSSR count). The van der Waals surface area contributed by atoms with Crippen LogP contribution in [0.3, 0.4) is 0 Å². The van der Waals surface area contributed by atoms with Gasteiger partial charge in [-0.05, 0) is 39.2 Å². The minimum atomic E-state index is -0.438. The van der Waals surface area contributed by atoms with Gasteiger partial charge in [-0.1, -0.05) is 0 Å². The molecule has 0 amide bonds. The van der Waals surface area contributed by atoms with E-state index in [4.69, 9.17) is 14.2 Å². The lowest BCUT2D eigenvalue weighted by atomic mass is 9.97. The van der Waals surface area contributed by atoms with Gasteiger partial charge in [-0.25, -0.2) is 4.79 Å². The standard InChI is InChI=1S/C17H25N3O5/c1-10-9-20(17(22)19-16(10)21)13-8-11-15(25-13)12(5-6-18-11)24-14-4-2-3-7-23-14/h9,11-15,18H,2-8H2,1H3,(H,19,21,22)/t11-,12-,13+,14?,15-/m0/s1. The van der Waals surface area contributed by atoms with Crippen molar-refractivity contribution >= 4 is 0 Å². The van der Waals surface area contributed by atoms with Crippen LogP contribution in [0.25, 0.3) is 0 Å². The fraction of sp³-hybridized carbons (Fsp3) is 0.765. The third kappa shape index (κ3) is 3.44. The van der Waals surface area contributed by atoms with Crippen LogP contribution < -0.4 is 16.6 Å². The zero-order chi connectivity index (χ0) is 17.4. The van der Waals surface area contributed by atoms with Gasteiger partial charge in [0, 0.05) is 30.8 Å². The Hall–Kier alpha value is -1.48. The number of piperidine rings is 1. The van der Waals surface area contributed by atoms with E-state index in [1.807, 2.05) is 0 Å². The first-order valence-electron chi connectivity index (χ1n) is 9.10. The molecule has 0 spiro atoms. The molecule has 25 heavy (non-hydrogen) atoms. The Balaban J connectivity index is 1.49. The molecular weight excluding hydrogens is 326 g/mol. The van der Waals surface area contributed by atoms with Crippen molar-refractivity contribution in [2.45, 2.75) is 69.8 Å². The van der Waals surface area contributed by atoms with Gasteiger partial charge in [-0.2, -0.15) is 0 Å². The number of aryl methyl sites for hydroxylation is 1. The van der Waals surface area contributed by atoms with Crippen molar-refractivity contribution in [2.24, 2.45) is 0 Å². The van der Waals surface area contributed by atoms with Crippen molar-refractivity contribution in [3.63, 3.8) is 0 Å². The van der Waals surface area contributed by atoms with Crippen LogP contribution >= 0.6 is 0 Å². The van der Waals surface area contributed by atoms with E-state index in [2.05, 4.69) is 10.3 Å². The molecule has 3 aliphatic rings. The molecule has 0 aliphatic carbocycles. The Kier molecular flexibility index (Phi) is 4.77. The lowest BCUT2D eigenvalue weighted by molar-refractivity contribution is -0.219. The second-order valence-electron chi connectivity index (χ2n) is 7.09. The van der Waals surface area contributed by atoms with Gasteiger partial charge in [-0.3, -0.25) is 14.3 Å². The van der Waals surface area contributed by atoms with Crippen LogP contribution in [0.5, 0.6) is 0 Å². The first kappa shape index (κ1) is 17.0. The molecule has 8 heteroatoms. The molecule has 1 unspecified atom stereocenters. The van der Waals surface area contributed by atoms with E-state index in [-0.39, 0.29) is 30.1 Å². The van der Waals surface area contributed by atoms with Crippen LogP contribution in [-0.2, 0) is 14.2 Å². The molecule has 138 valence electrons. The highest BCUT2D eigenvalue weighted by molar-refractivity contribution is 5.03. The third-order valence-corrected chi connectivity index (χ3v) is 5.29. The summed E-state index contributed by atoms with van der Waals surface area (Å²) in [4.78, 5) is 26.1. The van der Waals surface area contributed by atoms with Crippen molar-refractivity contribution in [3.05, 3.63) is 32.6 Å². The van der Waals surface area contributed by atoms with Crippen molar-refractivity contribution in [3.8, 4) is 0 Å². The number of nitrogens with one attached hydrogen (secondary N) is 2. The fourth-order valence-corrected chi connectivity index (χ4v) is 3.94. The second kappa shape index (κ2) is 7.03. The van der Waals surface area contributed by atoms with Gasteiger partial charge in [0.2, 0.25) is 0 Å². The van der Waals surface area contributed by atoms with E-state index in [9.17, 15) is 9.59 Å². The van der Waals surface area contributed by atoms with Crippen molar-refractivity contribution in [1.29, 1.82) is 0 Å². The number of aromatic amines is 1. The molecule has 8 nitrogen and oxygen atoms in total. The number of nitrogens with zero attached hydrogens (tertiary/aromatic N) is 1. The Morgan fingerprint density at radius 1 is 1.28 bits per heavy atom. The molecule has 4 heterocycles. The summed E-state index contributed by atoms with van der Waals surface area (Å²) in [5, 5.41) is 3.46. The topological polar surface area (TPSA) is 94.6 Å². The van der Waals surface area contributed by atoms with Crippen LogP contribution in [0.15, 0.2) is 15.8 Å². The largest absolute Gasteiger partial charge is 0.353 e. The van der Waals surface area contributed by atoms with E-state index < -0.39 is 11.9 Å². The number of H-pyrrole nitrogens is 1. The highest BCUT2D eigenvalue weighted by Crippen LogP contribution is 2.34. The average Bonchev–Trinajstić information content (AvgIpc) is 3.04. The third-order valence-electron chi connectivity index (χ3n) is 5.29. The molecule has 3 fully saturated rings. The van der Waals surface area contributed by atoms with Crippen molar-refractivity contribution < 1.29 is 14.2 Å². The SMILES string of the molecule is Cc1cn([C@H]2C[C@@H]3NCC[C@H](OC4CCCCO4)[C@H]3O2)c(=O)[nH]c1=O. The molecule has 1 aromatic heterocycles. The van der Waals surface area contributed by atoms with Gasteiger partial charge in [0.1, 0.15) is 12.3 Å². The number of fused-ring (bicyclic) bond motifs is 1. The van der Waals surface area contributed by atoms with Crippen LogP contribution in [-0.4, -0.2) is 47.2 Å². The van der Waals surface area contributed by atoms with Gasteiger partial charge >= 0.3 is 5.69 Å². The average molecular weight is 351 g/mol. The highest BCUT2D eigenvalue weighted by atomic mass is 16.7. The predicted octanol–water partition coefficient (Wildman–Crippen LogP) is 0.406. The number of hydrogen-bond acceptors (Lipinski definition) is 6. The van der Waals surface area contributed by atoms with Crippen LogP contribution in [0.1, 0.15) is 43.9 Å². The molecule has 0 aromatic carbocycles. The van der Waals surface area contributed by atoms with Gasteiger partial charge in [0.15, 0.2) is 6.29 Å². The highest BCUT2D eigenvalue weighted by Gasteiger charge is 2.44. The summed E-state index contributed by atoms with van der Waals surface area (Å²) in [6, 6.07) is 0.131. The smallest absolute Gasteiger partial charge is 0.330 e. The molecule has 5 atom stereocenters. The number of aromatic nitrogens is 2. The molecule has 0 radical (unpaired) electrons. The fourth-order valence-electron chi connectivity index (χ4n) is 3.94. The Labute approximate surface area is 145 Å². The zero-order valence-electron chi connectivity index (χ0n) is 14.4. The number of hydrogen-bond donors (Lipinski definition) is 2. The molecular formula is C17H25N3O5. The second-order valence-corrected chi connectivity index (χ2v) is 7.09. The predicted molar refractivity (Wildman–Crippen MR) is 89.5 cm³/mol. The van der Waals surface area contributed by atoms with E-state index >= 15 is 0 Å². The van der Waals surface area contributed by atoms with E-state index in [0.717, 1.165) is 38.8 Å². The van der Waals surface area contributed by atoms with E-state index in [1.165, 1.54) is 4.57 Å². The van der Waals surface area contributed by atoms with Gasteiger partial charge < -0.3 is 19.5 Å². The quantitative estimate of drug-likeness (QED) is 0.819. The molecule has 3 aliphatic heterocycles. The minimum absolute atomic E-state index is 0.0427. The van der Waals surface area contributed by atoms with E-state index in [1.54, 1.807) is 13.1 Å². The zero-order valence-corrected chi connectivity index (χ0v) is 14.4. The van der Waals surface area contributed by atoms with Crippen molar-refractivity contribution in [1.82, 2.24) is 14.9 Å². The summed E-state index contributed by atoms with van der Waals surface area (Å²) >= 11 is 0. The molecule has 0 saturated carbocycles. The van der Waals surface area contributed by atoms with Crippen LogP contribution in [0.2, 0.25) is 0 Å². The maximum absolute atomic E-state index is 12.1. The maximum atomic E-state index is 12.1. The summed E-state index contributed by atoms with van der Waals surface area (Å²) in [5.41, 5.74) is -0.299. The van der Waals surface area contributed by atoms with Gasteiger partial charge in [-0.15, -0.1) is 0 Å². The molecule has 2 N–H and O–H groups in total. The Morgan fingerprint density at radius 3 is 2.96 bits per heavy atom. The molecule has 1 aromatic rings. The minimum Gasteiger partial charge on any atom is -0.353 e. The van der Waals surface area contributed by atoms with Gasteiger partial charge in [0.05, 0.1) is 6.10 Å². The van der Waals surface area contributed by atoms with Crippen LogP contribution in [0, 0.1) is 6.92 Å². The van der Waals surface area contributed by atoms with Gasteiger partial charge in [0.25, 0.3) is 5.56 Å². The number of rotatable bonds is 3. The summed E-state index contributed by atoms with van der Waals surface area (Å²) in [6.07, 6.45) is 5.51. The first-order chi connectivity index (χ1) is 12.1. The molecule has 0 bridgehead atoms. The summed E-state index contributed by atoms with van der Waals surface area (Å²) in [5.74, 6) is 0. The lowest BCUT2D eigenvalue weighted by Crippen LogP contribution is -2.52. The normalized spacial score (nSPS) is 35.5. The first-order valence-corrected chi connectivity index (χ1v) is 9.10. The van der Waals surface area contributed by atoms with Crippen molar-refractivity contribution in [2.75, 3.05) is 13.2 Å². The summed E-state index contributed by atoms with van der Waals surface area (Å²) in [7, 11) is 0. The molecule has 3 saturated heterocycles.